The van der Waals surface area contributed by atoms with E-state index in [1.807, 2.05) is 23.1 Å². The molecule has 8 aromatic carbocycles. The third-order valence-electron chi connectivity index (χ3n) is 15.5. The van der Waals surface area contributed by atoms with Crippen LogP contribution in [-0.2, 0) is 16.2 Å². The summed E-state index contributed by atoms with van der Waals surface area (Å²) < 4.78 is 5.51. The fourth-order valence-electron chi connectivity index (χ4n) is 12.4. The van der Waals surface area contributed by atoms with E-state index in [0.717, 1.165) is 0 Å². The van der Waals surface area contributed by atoms with Gasteiger partial charge in [0.05, 0.1) is 16.1 Å². The highest BCUT2D eigenvalue weighted by molar-refractivity contribution is 7.99. The lowest BCUT2D eigenvalue weighted by Crippen LogP contribution is -2.58. The van der Waals surface area contributed by atoms with Crippen LogP contribution in [0.2, 0.25) is 0 Å². The molecule has 14 rings (SSSR count). The minimum absolute atomic E-state index is 0.0272. The van der Waals surface area contributed by atoms with Gasteiger partial charge in [-0.3, -0.25) is 0 Å². The van der Waals surface area contributed by atoms with Gasteiger partial charge in [-0.25, -0.2) is 0 Å². The van der Waals surface area contributed by atoms with Gasteiger partial charge in [-0.05, 0) is 91.7 Å². The molecule has 0 saturated heterocycles. The minimum atomic E-state index is -0.218. The van der Waals surface area contributed by atoms with Crippen LogP contribution in [0.15, 0.2) is 168 Å². The first-order valence-electron chi connectivity index (χ1n) is 23.1. The van der Waals surface area contributed by atoms with E-state index in [9.17, 15) is 0 Å². The van der Waals surface area contributed by atoms with Crippen LogP contribution >= 0.6 is 23.1 Å². The predicted octanol–water partition coefficient (Wildman–Crippen LogP) is 15.5. The van der Waals surface area contributed by atoms with Crippen molar-refractivity contribution in [3.8, 4) is 33.4 Å². The van der Waals surface area contributed by atoms with Crippen LogP contribution in [0.5, 0.6) is 0 Å². The van der Waals surface area contributed by atoms with Crippen LogP contribution in [0.1, 0.15) is 76.4 Å². The molecule has 0 radical (unpaired) electrons. The molecule has 0 unspecified atom stereocenters. The second-order valence-electron chi connectivity index (χ2n) is 20.8. The Morgan fingerprint density at radius 2 is 1.26 bits per heavy atom. The normalized spacial score (nSPS) is 15.7. The molecular weight excluding hydrogens is 824 g/mol. The number of benzene rings is 8. The van der Waals surface area contributed by atoms with E-state index >= 15 is 0 Å². The van der Waals surface area contributed by atoms with Crippen LogP contribution in [0.4, 0.5) is 17.1 Å². The lowest BCUT2D eigenvalue weighted by atomic mass is 9.44. The zero-order chi connectivity index (χ0) is 43.9. The average molecular weight is 871 g/mol. The maximum Gasteiger partial charge on any atom is 0.332 e. The molecule has 5 heterocycles. The summed E-state index contributed by atoms with van der Waals surface area (Å²) >= 11 is 3.90. The first kappa shape index (κ1) is 38.0. The molecule has 65 heavy (non-hydrogen) atoms. The smallest absolute Gasteiger partial charge is 0.332 e. The molecule has 5 heteroatoms. The number of fused-ring (bicyclic) bond motifs is 15. The summed E-state index contributed by atoms with van der Waals surface area (Å²) in [5, 5.41) is 4.01. The maximum absolute atomic E-state index is 2.84. The number of hydrogen-bond acceptors (Lipinski definition) is 3. The molecule has 2 aromatic heterocycles. The molecule has 0 bridgehead atoms. The van der Waals surface area contributed by atoms with Crippen LogP contribution in [0, 0.1) is 0 Å². The van der Waals surface area contributed by atoms with E-state index in [4.69, 9.17) is 0 Å². The van der Waals surface area contributed by atoms with Gasteiger partial charge in [0, 0.05) is 75.1 Å². The Morgan fingerprint density at radius 3 is 2.09 bits per heavy atom. The summed E-state index contributed by atoms with van der Waals surface area (Å²) in [4.78, 5) is 5.40. The lowest BCUT2D eigenvalue weighted by molar-refractivity contribution is 0.590. The van der Waals surface area contributed by atoms with Gasteiger partial charge in [0.1, 0.15) is 0 Å². The molecule has 0 amide bonds. The Labute approximate surface area is 389 Å². The van der Waals surface area contributed by atoms with Gasteiger partial charge >= 0.3 is 6.85 Å². The Bertz CT molecular complexity index is 3750. The molecule has 3 aliphatic heterocycles. The second-order valence-corrected chi connectivity index (χ2v) is 23.0. The molecule has 0 N–H and O–H groups in total. The molecular formula is C60H47BN2S2. The van der Waals surface area contributed by atoms with Gasteiger partial charge in [-0.15, -0.1) is 11.3 Å². The van der Waals surface area contributed by atoms with Crippen LogP contribution in [-0.4, -0.2) is 11.3 Å². The number of thiophene rings is 1. The number of para-hydroxylation sites is 1. The van der Waals surface area contributed by atoms with Crippen LogP contribution < -0.4 is 15.8 Å². The Balaban J connectivity index is 1.19. The van der Waals surface area contributed by atoms with Crippen LogP contribution in [0.3, 0.4) is 0 Å². The number of aromatic nitrogens is 1. The zero-order valence-electron chi connectivity index (χ0n) is 37.8. The summed E-state index contributed by atoms with van der Waals surface area (Å²) in [6.45, 7) is 16.8. The molecule has 0 saturated carbocycles. The quantitative estimate of drug-likeness (QED) is 0.160. The standard InChI is InChI=1S/C60H47BN2S2/c1-58(2,3)35-28-29-47(40(30-35)34-18-9-8-10-19-34)62-48-33-51-45(59(4,5)44-25-14-16-27-50(44)64-51)32-46(48)61-53-41(31-42-36-20-12-15-26-49(36)65-56(42)55(53)62)37-22-17-23-39-52-38-21-11-13-24-43(38)60(6,7)57(52)63(61)54(37)39/h8-33H,1-7H3. The predicted molar refractivity (Wildman–Crippen MR) is 280 cm³/mol. The van der Waals surface area contributed by atoms with Crippen molar-refractivity contribution in [2.45, 2.75) is 74.5 Å². The SMILES string of the molecule is CC(C)(C)c1ccc(N2c3cc4c(cc3B3c5c(cc6c(sc7ccccc76)c52)-c2cccc5c6c(n3c25)C(C)(C)c2ccccc2-6)C(C)(C)c2ccccc2S4)c(-c2ccccc2)c1. The van der Waals surface area contributed by atoms with Crippen molar-refractivity contribution in [2.24, 2.45) is 0 Å². The van der Waals surface area contributed by atoms with Crippen molar-refractivity contribution in [3.05, 3.63) is 186 Å². The van der Waals surface area contributed by atoms with Crippen LogP contribution in [0.25, 0.3) is 64.5 Å². The highest BCUT2D eigenvalue weighted by Crippen LogP contribution is 2.59. The minimum Gasteiger partial charge on any atom is -0.378 e. The topological polar surface area (TPSA) is 8.17 Å². The van der Waals surface area contributed by atoms with Crippen molar-refractivity contribution >= 4 is 89.0 Å². The van der Waals surface area contributed by atoms with Crippen molar-refractivity contribution in [1.82, 2.24) is 4.48 Å². The number of rotatable bonds is 2. The lowest BCUT2D eigenvalue weighted by Gasteiger charge is -2.44. The van der Waals surface area contributed by atoms with Gasteiger partial charge in [0.2, 0.25) is 0 Å². The van der Waals surface area contributed by atoms with Crippen molar-refractivity contribution in [3.63, 3.8) is 0 Å². The molecule has 2 nitrogen and oxygen atoms in total. The van der Waals surface area contributed by atoms with Gasteiger partial charge < -0.3 is 9.38 Å². The number of hydrogen-bond donors (Lipinski definition) is 0. The van der Waals surface area contributed by atoms with Gasteiger partial charge in [-0.2, -0.15) is 0 Å². The molecule has 0 fully saturated rings. The van der Waals surface area contributed by atoms with Gasteiger partial charge in [-0.1, -0.05) is 182 Å². The highest BCUT2D eigenvalue weighted by atomic mass is 32.2. The van der Waals surface area contributed by atoms with E-state index in [0.29, 0.717) is 0 Å². The third-order valence-corrected chi connectivity index (χ3v) is 17.8. The number of nitrogens with zero attached hydrogens (tertiary/aromatic N) is 2. The first-order chi connectivity index (χ1) is 31.4. The summed E-state index contributed by atoms with van der Waals surface area (Å²) in [5.74, 6) is 0. The fourth-order valence-corrected chi connectivity index (χ4v) is 15.1. The van der Waals surface area contributed by atoms with E-state index in [-0.39, 0.29) is 23.1 Å². The van der Waals surface area contributed by atoms with Crippen molar-refractivity contribution < 1.29 is 0 Å². The first-order valence-corrected chi connectivity index (χ1v) is 24.8. The molecule has 1 aliphatic carbocycles. The molecule has 312 valence electrons. The van der Waals surface area contributed by atoms with Gasteiger partial charge in [0.15, 0.2) is 0 Å². The molecule has 0 atom stereocenters. The largest absolute Gasteiger partial charge is 0.378 e. The Hall–Kier alpha value is -6.27. The molecule has 10 aromatic rings. The summed E-state index contributed by atoms with van der Waals surface area (Å²) in [6.07, 6.45) is 0. The van der Waals surface area contributed by atoms with Crippen molar-refractivity contribution in [1.29, 1.82) is 0 Å². The van der Waals surface area contributed by atoms with E-state index in [2.05, 4.69) is 216 Å². The summed E-state index contributed by atoms with van der Waals surface area (Å²) in [5.41, 5.74) is 22.4. The van der Waals surface area contributed by atoms with E-state index in [1.165, 1.54) is 130 Å². The number of anilines is 3. The summed E-state index contributed by atoms with van der Waals surface area (Å²) in [7, 11) is 0. The van der Waals surface area contributed by atoms with Crippen molar-refractivity contribution in [2.75, 3.05) is 4.90 Å². The van der Waals surface area contributed by atoms with E-state index in [1.54, 1.807) is 0 Å². The Morgan fingerprint density at radius 1 is 0.538 bits per heavy atom. The third kappa shape index (κ3) is 4.88. The monoisotopic (exact) mass is 870 g/mol. The second kappa shape index (κ2) is 12.7. The molecule has 0 spiro atoms. The average Bonchev–Trinajstić information content (AvgIpc) is 3.94. The van der Waals surface area contributed by atoms with E-state index < -0.39 is 0 Å². The fraction of sp³-hybridized carbons (Fsp3) is 0.167. The van der Waals surface area contributed by atoms with Gasteiger partial charge in [0.25, 0.3) is 0 Å². The Kier molecular flexibility index (Phi) is 7.46. The summed E-state index contributed by atoms with van der Waals surface area (Å²) in [6, 6.07) is 60.8. The maximum atomic E-state index is 2.84. The highest BCUT2D eigenvalue weighted by Gasteiger charge is 2.50. The molecule has 4 aliphatic rings. The zero-order valence-corrected chi connectivity index (χ0v) is 39.4.